The fraction of sp³-hybridized carbons (Fsp3) is 0.870. The van der Waals surface area contributed by atoms with Crippen molar-refractivity contribution in [2.75, 3.05) is 13.2 Å². The molecule has 1 atom stereocenters. The molecule has 0 aliphatic heterocycles. The molecule has 0 aliphatic rings. The second kappa shape index (κ2) is 49.5. The van der Waals surface area contributed by atoms with E-state index in [4.69, 9.17) is 14.2 Å². The Morgan fingerprint density at radius 1 is 0.333 bits per heavy atom. The molecule has 0 radical (unpaired) electrons. The molecule has 0 aromatic carbocycles. The highest BCUT2D eigenvalue weighted by molar-refractivity contribution is 5.71. The lowest BCUT2D eigenvalue weighted by atomic mass is 10.0. The first-order chi connectivity index (χ1) is 29.5. The smallest absolute Gasteiger partial charge is 0.306 e. The summed E-state index contributed by atoms with van der Waals surface area (Å²) in [5.41, 5.74) is 0. The highest BCUT2D eigenvalue weighted by atomic mass is 16.6. The van der Waals surface area contributed by atoms with E-state index in [1.165, 1.54) is 180 Å². The van der Waals surface area contributed by atoms with Gasteiger partial charge in [-0.2, -0.15) is 0 Å². The second-order valence-corrected chi connectivity index (χ2v) is 17.8. The monoisotopic (exact) mass is 845 g/mol. The summed E-state index contributed by atoms with van der Waals surface area (Å²) in [5.74, 6) is -0.866. The van der Waals surface area contributed by atoms with Crippen LogP contribution in [0.2, 0.25) is 0 Å². The van der Waals surface area contributed by atoms with Crippen molar-refractivity contribution in [1.29, 1.82) is 0 Å². The maximum Gasteiger partial charge on any atom is 0.306 e. The van der Waals surface area contributed by atoms with Gasteiger partial charge in [0.1, 0.15) is 13.2 Å². The van der Waals surface area contributed by atoms with Crippen molar-refractivity contribution in [3.05, 3.63) is 24.3 Å². The lowest BCUT2D eigenvalue weighted by molar-refractivity contribution is -0.167. The molecule has 60 heavy (non-hydrogen) atoms. The van der Waals surface area contributed by atoms with Gasteiger partial charge in [-0.1, -0.05) is 238 Å². The molecule has 0 aromatic heterocycles. The number of unbranched alkanes of at least 4 members (excludes halogenated alkanes) is 33. The molecule has 6 heteroatoms. The second-order valence-electron chi connectivity index (χ2n) is 17.8. The number of carbonyl (C=O) groups excluding carboxylic acids is 3. The third-order valence-electron chi connectivity index (χ3n) is 11.7. The number of ether oxygens (including phenoxy) is 3. The summed E-state index contributed by atoms with van der Waals surface area (Å²) in [7, 11) is 0. The van der Waals surface area contributed by atoms with Crippen molar-refractivity contribution in [1.82, 2.24) is 0 Å². The molecule has 6 nitrogen and oxygen atoms in total. The van der Waals surface area contributed by atoms with Crippen LogP contribution in [0.4, 0.5) is 0 Å². The highest BCUT2D eigenvalue weighted by Crippen LogP contribution is 2.16. The summed E-state index contributed by atoms with van der Waals surface area (Å²) < 4.78 is 16.7. The van der Waals surface area contributed by atoms with Gasteiger partial charge in [0.2, 0.25) is 0 Å². The lowest BCUT2D eigenvalue weighted by Gasteiger charge is -2.18. The fourth-order valence-electron chi connectivity index (χ4n) is 7.71. The zero-order valence-electron chi connectivity index (χ0n) is 40.2. The number of esters is 3. The van der Waals surface area contributed by atoms with Gasteiger partial charge >= 0.3 is 17.9 Å². The van der Waals surface area contributed by atoms with Crippen LogP contribution in [-0.4, -0.2) is 37.2 Å². The average molecular weight is 845 g/mol. The highest BCUT2D eigenvalue weighted by Gasteiger charge is 2.19. The number of carbonyl (C=O) groups is 3. The number of allylic oxidation sites excluding steroid dienone is 4. The van der Waals surface area contributed by atoms with Crippen LogP contribution in [0.15, 0.2) is 24.3 Å². The van der Waals surface area contributed by atoms with E-state index < -0.39 is 6.10 Å². The van der Waals surface area contributed by atoms with E-state index in [0.29, 0.717) is 19.3 Å². The summed E-state index contributed by atoms with van der Waals surface area (Å²) in [4.78, 5) is 37.8. The van der Waals surface area contributed by atoms with Crippen molar-refractivity contribution in [3.8, 4) is 0 Å². The molecule has 0 N–H and O–H groups in total. The van der Waals surface area contributed by atoms with Crippen LogP contribution in [-0.2, 0) is 28.6 Å². The van der Waals surface area contributed by atoms with Crippen LogP contribution >= 0.6 is 0 Å². The van der Waals surface area contributed by atoms with Gasteiger partial charge in [0, 0.05) is 19.3 Å². The quantitative estimate of drug-likeness (QED) is 0.0263. The summed E-state index contributed by atoms with van der Waals surface area (Å²) in [6.45, 7) is 6.61. The molecule has 0 heterocycles. The molecule has 0 rings (SSSR count). The van der Waals surface area contributed by atoms with E-state index in [0.717, 1.165) is 64.2 Å². The molecule has 0 bridgehead atoms. The van der Waals surface area contributed by atoms with Gasteiger partial charge < -0.3 is 14.2 Å². The third-order valence-corrected chi connectivity index (χ3v) is 11.7. The Bertz CT molecular complexity index is 973. The first-order valence-corrected chi connectivity index (χ1v) is 26.3. The summed E-state index contributed by atoms with van der Waals surface area (Å²) in [6, 6.07) is 0. The van der Waals surface area contributed by atoms with Crippen molar-refractivity contribution in [2.24, 2.45) is 0 Å². The van der Waals surface area contributed by atoms with Gasteiger partial charge in [0.15, 0.2) is 6.10 Å². The van der Waals surface area contributed by atoms with Crippen LogP contribution in [0.1, 0.15) is 284 Å². The Morgan fingerprint density at radius 3 is 0.917 bits per heavy atom. The standard InChI is InChI=1S/C54H100O6/c1-4-7-10-13-16-18-20-22-24-25-26-27-28-29-30-32-33-35-38-41-44-47-53(56)59-50-51(49-58-52(55)46-43-40-37-15-12-9-6-3)60-54(57)48-45-42-39-36-34-31-23-21-19-17-14-11-8-5-2/h20,22,25-26,51H,4-19,21,23-24,27-50H2,1-3H3/b22-20-,26-25-. The van der Waals surface area contributed by atoms with E-state index in [1.807, 2.05) is 0 Å². The molecule has 0 spiro atoms. The van der Waals surface area contributed by atoms with Crippen LogP contribution in [0, 0.1) is 0 Å². The maximum absolute atomic E-state index is 12.7. The normalized spacial score (nSPS) is 12.1. The van der Waals surface area contributed by atoms with Gasteiger partial charge in [-0.15, -0.1) is 0 Å². The average Bonchev–Trinajstić information content (AvgIpc) is 3.24. The minimum Gasteiger partial charge on any atom is -0.462 e. The number of hydrogen-bond donors (Lipinski definition) is 0. The molecule has 0 saturated heterocycles. The minimum absolute atomic E-state index is 0.0687. The van der Waals surface area contributed by atoms with E-state index in [-0.39, 0.29) is 31.1 Å². The van der Waals surface area contributed by atoms with E-state index in [9.17, 15) is 14.4 Å². The molecule has 0 amide bonds. The largest absolute Gasteiger partial charge is 0.462 e. The first kappa shape index (κ1) is 57.9. The third kappa shape index (κ3) is 46.9. The molecule has 0 saturated carbocycles. The lowest BCUT2D eigenvalue weighted by Crippen LogP contribution is -2.30. The molecule has 1 unspecified atom stereocenters. The predicted octanol–water partition coefficient (Wildman–Crippen LogP) is 17.2. The molecular weight excluding hydrogens is 745 g/mol. The Morgan fingerprint density at radius 2 is 0.600 bits per heavy atom. The number of rotatable bonds is 48. The van der Waals surface area contributed by atoms with Crippen molar-refractivity contribution >= 4 is 17.9 Å². The van der Waals surface area contributed by atoms with Crippen molar-refractivity contribution in [2.45, 2.75) is 290 Å². The Hall–Kier alpha value is -2.11. The van der Waals surface area contributed by atoms with Gasteiger partial charge in [0.05, 0.1) is 0 Å². The Labute approximate surface area is 373 Å². The Balaban J connectivity index is 4.18. The zero-order valence-corrected chi connectivity index (χ0v) is 40.2. The van der Waals surface area contributed by atoms with Crippen LogP contribution < -0.4 is 0 Å². The van der Waals surface area contributed by atoms with Crippen LogP contribution in [0.5, 0.6) is 0 Å². The molecular formula is C54H100O6. The minimum atomic E-state index is -0.765. The summed E-state index contributed by atoms with van der Waals surface area (Å²) in [5, 5.41) is 0. The van der Waals surface area contributed by atoms with Crippen molar-refractivity contribution in [3.63, 3.8) is 0 Å². The SMILES string of the molecule is CCCCCCC/C=C\C/C=C\CCCCCCCCCCCC(=O)OCC(COC(=O)CCCCCCCCC)OC(=O)CCCCCCCCCCCCCCCC. The van der Waals surface area contributed by atoms with Crippen molar-refractivity contribution < 1.29 is 28.6 Å². The molecule has 0 aromatic rings. The Kier molecular flexibility index (Phi) is 47.8. The topological polar surface area (TPSA) is 78.9 Å². The maximum atomic E-state index is 12.7. The first-order valence-electron chi connectivity index (χ1n) is 26.3. The van der Waals surface area contributed by atoms with E-state index in [1.54, 1.807) is 0 Å². The molecule has 0 aliphatic carbocycles. The van der Waals surface area contributed by atoms with E-state index in [2.05, 4.69) is 45.1 Å². The van der Waals surface area contributed by atoms with Crippen LogP contribution in [0.3, 0.4) is 0 Å². The van der Waals surface area contributed by atoms with Gasteiger partial charge in [-0.3, -0.25) is 14.4 Å². The summed E-state index contributed by atoms with van der Waals surface area (Å²) in [6.07, 6.45) is 56.1. The molecule has 0 fully saturated rings. The summed E-state index contributed by atoms with van der Waals surface area (Å²) >= 11 is 0. The zero-order chi connectivity index (χ0) is 43.7. The van der Waals surface area contributed by atoms with Gasteiger partial charge in [-0.05, 0) is 51.4 Å². The van der Waals surface area contributed by atoms with Gasteiger partial charge in [-0.25, -0.2) is 0 Å². The van der Waals surface area contributed by atoms with Gasteiger partial charge in [0.25, 0.3) is 0 Å². The fourth-order valence-corrected chi connectivity index (χ4v) is 7.71. The van der Waals surface area contributed by atoms with E-state index >= 15 is 0 Å². The van der Waals surface area contributed by atoms with Crippen LogP contribution in [0.25, 0.3) is 0 Å². The predicted molar refractivity (Wildman–Crippen MR) is 256 cm³/mol. The number of hydrogen-bond acceptors (Lipinski definition) is 6. The molecule has 352 valence electrons.